The zero-order chi connectivity index (χ0) is 15.5. The summed E-state index contributed by atoms with van der Waals surface area (Å²) >= 11 is 0. The third-order valence-electron chi connectivity index (χ3n) is 3.43. The topological polar surface area (TPSA) is 63.4 Å². The Morgan fingerprint density at radius 2 is 1.71 bits per heavy atom. The van der Waals surface area contributed by atoms with Gasteiger partial charge in [-0.3, -0.25) is 0 Å². The number of hydrogen-bond acceptors (Lipinski definition) is 3. The molecule has 0 spiro atoms. The van der Waals surface area contributed by atoms with E-state index in [1.54, 1.807) is 34.6 Å². The van der Waals surface area contributed by atoms with E-state index < -0.39 is 10.0 Å². The van der Waals surface area contributed by atoms with E-state index in [0.717, 1.165) is 23.6 Å². The van der Waals surface area contributed by atoms with E-state index >= 15 is 0 Å². The first kappa shape index (κ1) is 15.8. The largest absolute Gasteiger partial charge is 0.399 e. The number of benzene rings is 2. The lowest BCUT2D eigenvalue weighted by Gasteiger charge is -2.22. The summed E-state index contributed by atoms with van der Waals surface area (Å²) in [5.74, 6) is 0. The molecule has 2 rings (SSSR count). The van der Waals surface area contributed by atoms with Crippen molar-refractivity contribution in [3.8, 4) is 0 Å². The van der Waals surface area contributed by atoms with Crippen molar-refractivity contribution in [2.75, 3.05) is 18.8 Å². The fourth-order valence-corrected chi connectivity index (χ4v) is 4.33. The molecule has 2 aromatic carbocycles. The van der Waals surface area contributed by atoms with Gasteiger partial charge in [-0.15, -0.1) is 0 Å². The van der Waals surface area contributed by atoms with Crippen molar-refractivity contribution >= 4 is 26.5 Å². The molecule has 0 atom stereocenters. The number of fused-ring (bicyclic) bond motifs is 1. The SMILES string of the molecule is CCCN(CCC)S(=O)(=O)c1cccc2cc(N)ccc12. The first-order chi connectivity index (χ1) is 10.0. The summed E-state index contributed by atoms with van der Waals surface area (Å²) in [5, 5.41) is 1.58. The monoisotopic (exact) mass is 306 g/mol. The van der Waals surface area contributed by atoms with E-state index in [9.17, 15) is 8.42 Å². The average Bonchev–Trinajstić information content (AvgIpc) is 2.46. The van der Waals surface area contributed by atoms with Crippen LogP contribution >= 0.6 is 0 Å². The van der Waals surface area contributed by atoms with E-state index in [1.807, 2.05) is 19.9 Å². The van der Waals surface area contributed by atoms with E-state index in [0.29, 0.717) is 23.7 Å². The van der Waals surface area contributed by atoms with Gasteiger partial charge in [-0.2, -0.15) is 4.31 Å². The van der Waals surface area contributed by atoms with Crippen LogP contribution in [-0.2, 0) is 10.0 Å². The zero-order valence-electron chi connectivity index (χ0n) is 12.5. The van der Waals surface area contributed by atoms with Crippen LogP contribution in [0.1, 0.15) is 26.7 Å². The van der Waals surface area contributed by atoms with Crippen LogP contribution in [0.2, 0.25) is 0 Å². The normalized spacial score (nSPS) is 12.1. The molecule has 114 valence electrons. The van der Waals surface area contributed by atoms with Gasteiger partial charge in [-0.05, 0) is 36.4 Å². The van der Waals surface area contributed by atoms with Gasteiger partial charge in [0, 0.05) is 24.2 Å². The maximum Gasteiger partial charge on any atom is 0.243 e. The van der Waals surface area contributed by atoms with E-state index in [-0.39, 0.29) is 0 Å². The molecule has 0 aliphatic carbocycles. The molecule has 0 saturated carbocycles. The molecule has 0 bridgehead atoms. The molecule has 2 aromatic rings. The standard InChI is InChI=1S/C16H22N2O2S/c1-3-10-18(11-4-2)21(19,20)16-7-5-6-13-12-14(17)8-9-15(13)16/h5-9,12H,3-4,10-11,17H2,1-2H3. The van der Waals surface area contributed by atoms with Gasteiger partial charge >= 0.3 is 0 Å². The van der Waals surface area contributed by atoms with Crippen molar-refractivity contribution in [1.82, 2.24) is 4.31 Å². The number of nitrogen functional groups attached to an aromatic ring is 1. The van der Waals surface area contributed by atoms with Gasteiger partial charge in [0.05, 0.1) is 4.90 Å². The van der Waals surface area contributed by atoms with Crippen LogP contribution in [0.15, 0.2) is 41.3 Å². The van der Waals surface area contributed by atoms with Crippen LogP contribution in [0.3, 0.4) is 0 Å². The highest BCUT2D eigenvalue weighted by molar-refractivity contribution is 7.89. The maximum atomic E-state index is 12.9. The van der Waals surface area contributed by atoms with Crippen LogP contribution in [0.4, 0.5) is 5.69 Å². The van der Waals surface area contributed by atoms with Crippen molar-refractivity contribution in [3.05, 3.63) is 36.4 Å². The van der Waals surface area contributed by atoms with Gasteiger partial charge in [0.1, 0.15) is 0 Å². The summed E-state index contributed by atoms with van der Waals surface area (Å²) < 4.78 is 27.4. The molecule has 0 saturated heterocycles. The Balaban J connectivity index is 2.58. The summed E-state index contributed by atoms with van der Waals surface area (Å²) in [6.45, 7) is 5.06. The number of nitrogens with two attached hydrogens (primary N) is 1. The smallest absolute Gasteiger partial charge is 0.243 e. The maximum absolute atomic E-state index is 12.9. The van der Waals surface area contributed by atoms with Crippen LogP contribution in [0.5, 0.6) is 0 Å². The summed E-state index contributed by atoms with van der Waals surface area (Å²) in [5.41, 5.74) is 6.41. The Labute approximate surface area is 126 Å². The quantitative estimate of drug-likeness (QED) is 0.833. The second-order valence-corrected chi connectivity index (χ2v) is 7.05. The van der Waals surface area contributed by atoms with Gasteiger partial charge in [0.2, 0.25) is 10.0 Å². The molecule has 5 heteroatoms. The Hall–Kier alpha value is -1.59. The average molecular weight is 306 g/mol. The molecule has 0 aromatic heterocycles. The molecule has 0 fully saturated rings. The number of anilines is 1. The van der Waals surface area contributed by atoms with Gasteiger partial charge in [0.25, 0.3) is 0 Å². The molecule has 0 aliphatic heterocycles. The molecule has 0 radical (unpaired) electrons. The van der Waals surface area contributed by atoms with Gasteiger partial charge in [-0.25, -0.2) is 8.42 Å². The number of nitrogens with zero attached hydrogens (tertiary/aromatic N) is 1. The van der Waals surface area contributed by atoms with Crippen LogP contribution in [0, 0.1) is 0 Å². The van der Waals surface area contributed by atoms with Crippen LogP contribution < -0.4 is 5.73 Å². The summed E-state index contributed by atoms with van der Waals surface area (Å²) in [6.07, 6.45) is 1.61. The molecule has 4 nitrogen and oxygen atoms in total. The van der Waals surface area contributed by atoms with Gasteiger partial charge in [-0.1, -0.05) is 32.0 Å². The highest BCUT2D eigenvalue weighted by atomic mass is 32.2. The third kappa shape index (κ3) is 3.19. The van der Waals surface area contributed by atoms with Crippen molar-refractivity contribution < 1.29 is 8.42 Å². The Kier molecular flexibility index (Phi) is 4.85. The molecular weight excluding hydrogens is 284 g/mol. The minimum absolute atomic E-state index is 0.363. The van der Waals surface area contributed by atoms with Gasteiger partial charge in [0.15, 0.2) is 0 Å². The lowest BCUT2D eigenvalue weighted by atomic mass is 10.1. The van der Waals surface area contributed by atoms with Crippen molar-refractivity contribution in [3.63, 3.8) is 0 Å². The first-order valence-electron chi connectivity index (χ1n) is 7.29. The van der Waals surface area contributed by atoms with Crippen molar-refractivity contribution in [2.24, 2.45) is 0 Å². The third-order valence-corrected chi connectivity index (χ3v) is 5.39. The lowest BCUT2D eigenvalue weighted by molar-refractivity contribution is 0.410. The fourth-order valence-electron chi connectivity index (χ4n) is 2.49. The molecule has 21 heavy (non-hydrogen) atoms. The van der Waals surface area contributed by atoms with Gasteiger partial charge < -0.3 is 5.73 Å². The molecule has 0 unspecified atom stereocenters. The number of hydrogen-bond donors (Lipinski definition) is 1. The summed E-state index contributed by atoms with van der Waals surface area (Å²) in [7, 11) is -3.47. The number of sulfonamides is 1. The first-order valence-corrected chi connectivity index (χ1v) is 8.73. The Bertz CT molecular complexity index is 720. The molecule has 0 aliphatic rings. The highest BCUT2D eigenvalue weighted by Crippen LogP contribution is 2.27. The second kappa shape index (κ2) is 6.45. The fraction of sp³-hybridized carbons (Fsp3) is 0.375. The molecular formula is C16H22N2O2S. The Morgan fingerprint density at radius 3 is 2.33 bits per heavy atom. The molecule has 0 amide bonds. The van der Waals surface area contributed by atoms with Crippen molar-refractivity contribution in [2.45, 2.75) is 31.6 Å². The van der Waals surface area contributed by atoms with E-state index in [4.69, 9.17) is 5.73 Å². The highest BCUT2D eigenvalue weighted by Gasteiger charge is 2.24. The van der Waals surface area contributed by atoms with Crippen molar-refractivity contribution in [1.29, 1.82) is 0 Å². The van der Waals surface area contributed by atoms with Crippen LogP contribution in [-0.4, -0.2) is 25.8 Å². The minimum atomic E-state index is -3.47. The van der Waals surface area contributed by atoms with E-state index in [2.05, 4.69) is 0 Å². The number of rotatable bonds is 6. The summed E-state index contributed by atoms with van der Waals surface area (Å²) in [4.78, 5) is 0.363. The molecule has 2 N–H and O–H groups in total. The summed E-state index contributed by atoms with van der Waals surface area (Å²) in [6, 6.07) is 10.7. The van der Waals surface area contributed by atoms with Crippen LogP contribution in [0.25, 0.3) is 10.8 Å². The predicted octanol–water partition coefficient (Wildman–Crippen LogP) is 3.23. The zero-order valence-corrected chi connectivity index (χ0v) is 13.4. The lowest BCUT2D eigenvalue weighted by Crippen LogP contribution is -2.32. The second-order valence-electron chi connectivity index (χ2n) is 5.14. The Morgan fingerprint density at radius 1 is 1.05 bits per heavy atom. The predicted molar refractivity (Wildman–Crippen MR) is 87.7 cm³/mol. The van der Waals surface area contributed by atoms with E-state index in [1.165, 1.54) is 0 Å². The minimum Gasteiger partial charge on any atom is -0.399 e. The molecule has 0 heterocycles.